The van der Waals surface area contributed by atoms with E-state index in [1.807, 2.05) is 48.5 Å². The van der Waals surface area contributed by atoms with Gasteiger partial charge in [-0.2, -0.15) is 0 Å². The van der Waals surface area contributed by atoms with Gasteiger partial charge in [0.05, 0.1) is 5.56 Å². The van der Waals surface area contributed by atoms with Gasteiger partial charge in [-0.05, 0) is 34.5 Å². The Labute approximate surface area is 146 Å². The van der Waals surface area contributed by atoms with Gasteiger partial charge in [-0.15, -0.1) is 0 Å². The minimum Gasteiger partial charge on any atom is -0.488 e. The number of carbonyl (C=O) groups excluding carboxylic acids is 2. The van der Waals surface area contributed by atoms with Crippen LogP contribution in [-0.4, -0.2) is 31.2 Å². The molecule has 0 saturated carbocycles. The monoisotopic (exact) mass is 333 g/mol. The second-order valence-corrected chi connectivity index (χ2v) is 6.00. The first-order valence-corrected chi connectivity index (χ1v) is 8.00. The van der Waals surface area contributed by atoms with E-state index in [9.17, 15) is 9.59 Å². The predicted octanol–water partition coefficient (Wildman–Crippen LogP) is 3.93. The molecule has 25 heavy (non-hydrogen) atoms. The Balaban J connectivity index is 1.79. The van der Waals surface area contributed by atoms with E-state index in [2.05, 4.69) is 0 Å². The molecular formula is C21H19NO3. The number of hydrogen-bond donors (Lipinski definition) is 0. The summed E-state index contributed by atoms with van der Waals surface area (Å²) in [6.07, 6.45) is 0.830. The van der Waals surface area contributed by atoms with E-state index in [0.29, 0.717) is 23.5 Å². The third-order valence-electron chi connectivity index (χ3n) is 4.05. The molecule has 0 aliphatic carbocycles. The van der Waals surface area contributed by atoms with Crippen molar-refractivity contribution < 1.29 is 14.3 Å². The number of ether oxygens (including phenoxy) is 1. The molecule has 0 aromatic heterocycles. The van der Waals surface area contributed by atoms with Crippen LogP contribution in [0.25, 0.3) is 10.8 Å². The fraction of sp³-hybridized carbons (Fsp3) is 0.143. The number of aldehydes is 1. The molecule has 0 saturated heterocycles. The van der Waals surface area contributed by atoms with Gasteiger partial charge in [-0.1, -0.05) is 42.5 Å². The van der Waals surface area contributed by atoms with Crippen molar-refractivity contribution >= 4 is 23.0 Å². The molecule has 0 bridgehead atoms. The number of hydrogen-bond acceptors (Lipinski definition) is 3. The van der Waals surface area contributed by atoms with E-state index >= 15 is 0 Å². The highest BCUT2D eigenvalue weighted by Crippen LogP contribution is 2.27. The molecule has 3 aromatic rings. The quantitative estimate of drug-likeness (QED) is 0.665. The summed E-state index contributed by atoms with van der Waals surface area (Å²) in [6.45, 7) is 0.329. The molecule has 4 nitrogen and oxygen atoms in total. The Morgan fingerprint density at radius 3 is 2.40 bits per heavy atom. The molecule has 0 heterocycles. The second-order valence-electron chi connectivity index (χ2n) is 6.00. The molecular weight excluding hydrogens is 314 g/mol. The first-order chi connectivity index (χ1) is 12.1. The molecule has 0 spiro atoms. The van der Waals surface area contributed by atoms with Crippen LogP contribution in [0, 0.1) is 0 Å². The third kappa shape index (κ3) is 3.53. The minimum absolute atomic E-state index is 0.0368. The minimum atomic E-state index is -0.0368. The normalized spacial score (nSPS) is 10.5. The molecule has 126 valence electrons. The molecule has 4 heteroatoms. The van der Waals surface area contributed by atoms with Gasteiger partial charge in [0, 0.05) is 19.7 Å². The Morgan fingerprint density at radius 1 is 1.00 bits per heavy atom. The standard InChI is InChI=1S/C21H19NO3/c1-22(2)21(24)17-9-7-15(8-10-17)14-25-20-12-11-16-5-3-4-6-18(16)19(20)13-23/h3-13H,14H2,1-2H3. The lowest BCUT2D eigenvalue weighted by Gasteiger charge is -2.12. The fourth-order valence-electron chi connectivity index (χ4n) is 2.69. The van der Waals surface area contributed by atoms with Gasteiger partial charge in [0.2, 0.25) is 0 Å². The Hall–Kier alpha value is -3.14. The average molecular weight is 333 g/mol. The maximum absolute atomic E-state index is 11.9. The van der Waals surface area contributed by atoms with Crippen LogP contribution in [0.15, 0.2) is 60.7 Å². The van der Waals surface area contributed by atoms with Crippen LogP contribution in [0.3, 0.4) is 0 Å². The largest absolute Gasteiger partial charge is 0.488 e. The zero-order chi connectivity index (χ0) is 17.8. The van der Waals surface area contributed by atoms with Crippen molar-refractivity contribution in [2.24, 2.45) is 0 Å². The van der Waals surface area contributed by atoms with Gasteiger partial charge in [0.1, 0.15) is 12.4 Å². The summed E-state index contributed by atoms with van der Waals surface area (Å²) in [6, 6.07) is 18.8. The van der Waals surface area contributed by atoms with Gasteiger partial charge in [-0.25, -0.2) is 0 Å². The van der Waals surface area contributed by atoms with Crippen LogP contribution in [0.2, 0.25) is 0 Å². The summed E-state index contributed by atoms with van der Waals surface area (Å²) < 4.78 is 5.84. The number of nitrogens with zero attached hydrogens (tertiary/aromatic N) is 1. The number of fused-ring (bicyclic) bond motifs is 1. The lowest BCUT2D eigenvalue weighted by Crippen LogP contribution is -2.21. The van der Waals surface area contributed by atoms with Crippen molar-refractivity contribution in [2.45, 2.75) is 6.61 Å². The Bertz CT molecular complexity index is 914. The summed E-state index contributed by atoms with van der Waals surface area (Å²) in [7, 11) is 3.44. The zero-order valence-electron chi connectivity index (χ0n) is 14.2. The van der Waals surface area contributed by atoms with Crippen molar-refractivity contribution in [3.8, 4) is 5.75 Å². The van der Waals surface area contributed by atoms with Crippen molar-refractivity contribution in [1.82, 2.24) is 4.90 Å². The highest BCUT2D eigenvalue weighted by atomic mass is 16.5. The lowest BCUT2D eigenvalue weighted by atomic mass is 10.0. The van der Waals surface area contributed by atoms with Crippen LogP contribution in [0.5, 0.6) is 5.75 Å². The number of rotatable bonds is 5. The summed E-state index contributed by atoms with van der Waals surface area (Å²) in [5.74, 6) is 0.521. The maximum atomic E-state index is 11.9. The van der Waals surface area contributed by atoms with E-state index < -0.39 is 0 Å². The molecule has 3 rings (SSSR count). The molecule has 0 radical (unpaired) electrons. The topological polar surface area (TPSA) is 46.6 Å². The van der Waals surface area contributed by atoms with Gasteiger partial charge in [-0.3, -0.25) is 9.59 Å². The van der Waals surface area contributed by atoms with E-state index in [4.69, 9.17) is 4.74 Å². The highest BCUT2D eigenvalue weighted by molar-refractivity contribution is 6.00. The van der Waals surface area contributed by atoms with Gasteiger partial charge in [0.25, 0.3) is 5.91 Å². The van der Waals surface area contributed by atoms with Crippen LogP contribution in [0.4, 0.5) is 0 Å². The number of amides is 1. The highest BCUT2D eigenvalue weighted by Gasteiger charge is 2.10. The summed E-state index contributed by atoms with van der Waals surface area (Å²) in [5, 5.41) is 1.88. The van der Waals surface area contributed by atoms with Crippen LogP contribution >= 0.6 is 0 Å². The fourth-order valence-corrected chi connectivity index (χ4v) is 2.69. The smallest absolute Gasteiger partial charge is 0.253 e. The van der Waals surface area contributed by atoms with Crippen molar-refractivity contribution in [1.29, 1.82) is 0 Å². The Morgan fingerprint density at radius 2 is 1.72 bits per heavy atom. The van der Waals surface area contributed by atoms with Crippen molar-refractivity contribution in [2.75, 3.05) is 14.1 Å². The first kappa shape index (κ1) is 16.7. The van der Waals surface area contributed by atoms with Gasteiger partial charge >= 0.3 is 0 Å². The van der Waals surface area contributed by atoms with Crippen molar-refractivity contribution in [3.05, 3.63) is 77.4 Å². The van der Waals surface area contributed by atoms with Gasteiger partial charge < -0.3 is 9.64 Å². The molecule has 0 atom stereocenters. The zero-order valence-corrected chi connectivity index (χ0v) is 14.2. The summed E-state index contributed by atoms with van der Waals surface area (Å²) >= 11 is 0. The van der Waals surface area contributed by atoms with E-state index in [0.717, 1.165) is 22.6 Å². The molecule has 3 aromatic carbocycles. The second kappa shape index (κ2) is 7.18. The predicted molar refractivity (Wildman–Crippen MR) is 98.1 cm³/mol. The molecule has 0 aliphatic rings. The van der Waals surface area contributed by atoms with Crippen molar-refractivity contribution in [3.63, 3.8) is 0 Å². The van der Waals surface area contributed by atoms with E-state index in [1.54, 1.807) is 26.2 Å². The molecule has 1 amide bonds. The average Bonchev–Trinajstić information content (AvgIpc) is 2.65. The molecule has 0 aliphatic heterocycles. The maximum Gasteiger partial charge on any atom is 0.253 e. The number of benzene rings is 3. The number of carbonyl (C=O) groups is 2. The SMILES string of the molecule is CN(C)C(=O)c1ccc(COc2ccc3ccccc3c2C=O)cc1. The first-order valence-electron chi connectivity index (χ1n) is 8.00. The lowest BCUT2D eigenvalue weighted by molar-refractivity contribution is 0.0827. The van der Waals surface area contributed by atoms with Crippen LogP contribution in [-0.2, 0) is 6.61 Å². The Kier molecular flexibility index (Phi) is 4.80. The van der Waals surface area contributed by atoms with Crippen LogP contribution < -0.4 is 4.74 Å². The van der Waals surface area contributed by atoms with E-state index in [-0.39, 0.29) is 5.91 Å². The molecule has 0 N–H and O–H groups in total. The summed E-state index contributed by atoms with van der Waals surface area (Å²) in [4.78, 5) is 25.0. The molecule has 0 unspecified atom stereocenters. The summed E-state index contributed by atoms with van der Waals surface area (Å²) in [5.41, 5.74) is 2.12. The van der Waals surface area contributed by atoms with Crippen LogP contribution in [0.1, 0.15) is 26.3 Å². The van der Waals surface area contributed by atoms with Gasteiger partial charge in [0.15, 0.2) is 6.29 Å². The third-order valence-corrected chi connectivity index (χ3v) is 4.05. The molecule has 0 fully saturated rings. The van der Waals surface area contributed by atoms with E-state index in [1.165, 1.54) is 4.90 Å².